The number of allylic oxidation sites excluding steroid dienone is 1. The molecule has 3 heterocycles. The van der Waals surface area contributed by atoms with Crippen LogP contribution in [-0.4, -0.2) is 54.2 Å². The number of methoxy groups -OCH3 is 1. The Morgan fingerprint density at radius 3 is 2.36 bits per heavy atom. The van der Waals surface area contributed by atoms with Crippen LogP contribution in [-0.2, 0) is 4.79 Å². The van der Waals surface area contributed by atoms with Gasteiger partial charge in [-0.15, -0.1) is 0 Å². The van der Waals surface area contributed by atoms with Gasteiger partial charge in [-0.05, 0) is 93.4 Å². The summed E-state index contributed by atoms with van der Waals surface area (Å²) in [4.78, 5) is 38.1. The summed E-state index contributed by atoms with van der Waals surface area (Å²) in [5.41, 5.74) is 6.93. The fourth-order valence-electron chi connectivity index (χ4n) is 6.66. The summed E-state index contributed by atoms with van der Waals surface area (Å²) >= 11 is 1.35. The van der Waals surface area contributed by atoms with Crippen LogP contribution in [0.5, 0.6) is 5.75 Å². The second-order valence-electron chi connectivity index (χ2n) is 12.0. The number of hydrogen-bond donors (Lipinski definition) is 0. The van der Waals surface area contributed by atoms with Crippen molar-refractivity contribution >= 4 is 39.8 Å². The number of fused-ring (bicyclic) bond motifs is 2. The number of aromatic nitrogens is 2. The van der Waals surface area contributed by atoms with Gasteiger partial charge in [-0.2, -0.15) is 0 Å². The summed E-state index contributed by atoms with van der Waals surface area (Å²) in [6.45, 7) is 11.0. The van der Waals surface area contributed by atoms with Gasteiger partial charge in [0.2, 0.25) is 0 Å². The van der Waals surface area contributed by atoms with E-state index in [2.05, 4.69) is 53.6 Å². The minimum Gasteiger partial charge on any atom is -0.496 e. The first kappa shape index (κ1) is 32.1. The van der Waals surface area contributed by atoms with Crippen molar-refractivity contribution in [1.82, 2.24) is 14.0 Å². The molecule has 5 aromatic rings. The zero-order valence-electron chi connectivity index (χ0n) is 28.3. The molecular formula is C38H41N5O3S. The molecule has 0 spiro atoms. The molecule has 0 radical (unpaired) electrons. The van der Waals surface area contributed by atoms with E-state index in [9.17, 15) is 9.59 Å². The van der Waals surface area contributed by atoms with E-state index in [1.807, 2.05) is 77.3 Å². The van der Waals surface area contributed by atoms with Crippen LogP contribution < -0.4 is 24.5 Å². The number of rotatable bonds is 8. The maximum Gasteiger partial charge on any atom is 0.271 e. The third-order valence-electron chi connectivity index (χ3n) is 9.11. The molecule has 0 saturated carbocycles. The summed E-state index contributed by atoms with van der Waals surface area (Å²) in [5.74, 6) is 0.487. The molecule has 0 aliphatic carbocycles. The molecule has 6 rings (SSSR count). The Morgan fingerprint density at radius 2 is 1.70 bits per heavy atom. The van der Waals surface area contributed by atoms with Crippen LogP contribution in [0.4, 0.5) is 5.69 Å². The van der Waals surface area contributed by atoms with Crippen molar-refractivity contribution in [2.45, 2.75) is 40.7 Å². The summed E-state index contributed by atoms with van der Waals surface area (Å²) in [7, 11) is 5.68. The Balaban J connectivity index is 1.58. The van der Waals surface area contributed by atoms with Gasteiger partial charge in [-0.1, -0.05) is 41.7 Å². The summed E-state index contributed by atoms with van der Waals surface area (Å²) in [5, 5.41) is 1.93. The monoisotopic (exact) mass is 647 g/mol. The minimum atomic E-state index is -0.717. The zero-order chi connectivity index (χ0) is 33.6. The number of carbonyl (C=O) groups is 1. The van der Waals surface area contributed by atoms with Crippen LogP contribution in [0.1, 0.15) is 49.3 Å². The van der Waals surface area contributed by atoms with E-state index < -0.39 is 6.04 Å². The average molecular weight is 648 g/mol. The number of likely N-dealkylation sites (N-methyl/N-ethyl adjacent to an activating group) is 1. The third-order valence-corrected chi connectivity index (χ3v) is 10.1. The van der Waals surface area contributed by atoms with Crippen LogP contribution in [0.25, 0.3) is 22.5 Å². The van der Waals surface area contributed by atoms with Gasteiger partial charge in [0.25, 0.3) is 11.5 Å². The molecular weight excluding hydrogens is 607 g/mol. The lowest BCUT2D eigenvalue weighted by Gasteiger charge is -2.30. The highest BCUT2D eigenvalue weighted by Gasteiger charge is 2.36. The molecule has 0 N–H and O–H groups in total. The predicted octanol–water partition coefficient (Wildman–Crippen LogP) is 5.74. The van der Waals surface area contributed by atoms with Crippen molar-refractivity contribution in [3.63, 3.8) is 0 Å². The van der Waals surface area contributed by atoms with Gasteiger partial charge in [0.05, 0.1) is 22.9 Å². The number of nitrogens with zero attached hydrogens (tertiary/aromatic N) is 5. The number of anilines is 1. The molecule has 3 aromatic carbocycles. The van der Waals surface area contributed by atoms with Crippen molar-refractivity contribution in [2.24, 2.45) is 4.99 Å². The Morgan fingerprint density at radius 1 is 1.00 bits per heavy atom. The third kappa shape index (κ3) is 5.48. The van der Waals surface area contributed by atoms with Crippen molar-refractivity contribution in [1.29, 1.82) is 0 Å². The highest BCUT2D eigenvalue weighted by atomic mass is 32.1. The lowest BCUT2D eigenvalue weighted by atomic mass is 9.90. The first-order chi connectivity index (χ1) is 22.6. The molecule has 47 heavy (non-hydrogen) atoms. The van der Waals surface area contributed by atoms with Crippen molar-refractivity contribution < 1.29 is 9.53 Å². The predicted molar refractivity (Wildman–Crippen MR) is 192 cm³/mol. The van der Waals surface area contributed by atoms with E-state index in [1.165, 1.54) is 11.3 Å². The van der Waals surface area contributed by atoms with E-state index >= 15 is 0 Å². The van der Waals surface area contributed by atoms with Crippen molar-refractivity contribution in [2.75, 3.05) is 39.2 Å². The number of aryl methyl sites for hydroxylation is 1. The number of benzene rings is 3. The highest BCUT2D eigenvalue weighted by molar-refractivity contribution is 7.07. The summed E-state index contributed by atoms with van der Waals surface area (Å²) in [6, 6.07) is 21.8. The molecule has 0 bridgehead atoms. The van der Waals surface area contributed by atoms with Crippen LogP contribution in [0.2, 0.25) is 0 Å². The molecule has 1 atom stereocenters. The van der Waals surface area contributed by atoms with Gasteiger partial charge >= 0.3 is 0 Å². The maximum absolute atomic E-state index is 14.6. The molecule has 0 fully saturated rings. The van der Waals surface area contributed by atoms with E-state index in [0.717, 1.165) is 44.7 Å². The van der Waals surface area contributed by atoms with E-state index in [1.54, 1.807) is 16.6 Å². The minimum absolute atomic E-state index is 0.130. The van der Waals surface area contributed by atoms with Crippen molar-refractivity contribution in [3.8, 4) is 11.4 Å². The van der Waals surface area contributed by atoms with E-state index in [-0.39, 0.29) is 11.5 Å². The molecule has 0 saturated heterocycles. The van der Waals surface area contributed by atoms with Gasteiger partial charge in [-0.25, -0.2) is 4.99 Å². The Bertz CT molecular complexity index is 2220. The van der Waals surface area contributed by atoms with E-state index in [4.69, 9.17) is 9.73 Å². The molecule has 1 aliphatic rings. The molecule has 1 aliphatic heterocycles. The molecule has 9 heteroatoms. The number of ether oxygens (including phenoxy) is 1. The highest BCUT2D eigenvalue weighted by Crippen LogP contribution is 2.40. The quantitative estimate of drug-likeness (QED) is 0.216. The lowest BCUT2D eigenvalue weighted by Crippen LogP contribution is -2.43. The molecule has 242 valence electrons. The fourth-order valence-corrected chi connectivity index (χ4v) is 7.69. The number of hydrogen-bond acceptors (Lipinski definition) is 6. The largest absolute Gasteiger partial charge is 0.496 e. The smallest absolute Gasteiger partial charge is 0.271 e. The second kappa shape index (κ2) is 12.7. The van der Waals surface area contributed by atoms with Gasteiger partial charge in [-0.3, -0.25) is 14.2 Å². The molecule has 2 aromatic heterocycles. The van der Waals surface area contributed by atoms with Gasteiger partial charge in [0.15, 0.2) is 4.80 Å². The summed E-state index contributed by atoms with van der Waals surface area (Å²) < 4.78 is 10.4. The Kier molecular flexibility index (Phi) is 8.68. The van der Waals surface area contributed by atoms with Crippen LogP contribution >= 0.6 is 11.3 Å². The zero-order valence-corrected chi connectivity index (χ0v) is 29.1. The lowest BCUT2D eigenvalue weighted by molar-refractivity contribution is -0.127. The normalized spacial score (nSPS) is 14.7. The molecule has 1 amide bonds. The SMILES string of the molecule is CCN(CC)C(=O)C1=C(C)N=c2s/c(=C\c3cc(C)n(-c4ccc(N(C)C)cc4)c3C)c(=O)n2[C@H]1c1c(OC)ccc2ccccc12. The maximum atomic E-state index is 14.6. The standard InChI is InChI=1S/C38H41N5O3S/c1-9-41(10-2)37(45)33-24(4)39-38-43(35(33)34-30-14-12-11-13-26(30)15-20-31(34)46-8)36(44)32(47-38)22-27-21-23(3)42(25(27)5)29-18-16-28(17-19-29)40(6)7/h11-22,35H,9-10H2,1-8H3/b32-22-/t35-/m1/s1. The van der Waals surface area contributed by atoms with Crippen molar-refractivity contribution in [3.05, 3.63) is 120 Å². The summed E-state index contributed by atoms with van der Waals surface area (Å²) in [6.07, 6.45) is 1.96. The van der Waals surface area contributed by atoms with Crippen LogP contribution in [0, 0.1) is 13.8 Å². The molecule has 0 unspecified atom stereocenters. The fraction of sp³-hybridized carbons (Fsp3) is 0.289. The van der Waals surface area contributed by atoms with Gasteiger partial charge in [0, 0.05) is 55.5 Å². The Labute approximate surface area is 279 Å². The first-order valence-electron chi connectivity index (χ1n) is 15.9. The first-order valence-corrected chi connectivity index (χ1v) is 16.7. The molecule has 8 nitrogen and oxygen atoms in total. The topological polar surface area (TPSA) is 72.1 Å². The Hall–Kier alpha value is -4.89. The van der Waals surface area contributed by atoms with Gasteiger partial charge < -0.3 is 19.1 Å². The van der Waals surface area contributed by atoms with Crippen LogP contribution in [0.15, 0.2) is 87.8 Å². The van der Waals surface area contributed by atoms with Crippen LogP contribution in [0.3, 0.4) is 0 Å². The number of thiazole rings is 1. The van der Waals surface area contributed by atoms with E-state index in [0.29, 0.717) is 39.4 Å². The van der Waals surface area contributed by atoms with Gasteiger partial charge in [0.1, 0.15) is 11.8 Å². The number of carbonyl (C=O) groups excluding carboxylic acids is 1. The second-order valence-corrected chi connectivity index (χ2v) is 13.0. The number of amides is 1. The average Bonchev–Trinajstić information content (AvgIpc) is 3.53.